The van der Waals surface area contributed by atoms with Gasteiger partial charge in [0.15, 0.2) is 0 Å². The van der Waals surface area contributed by atoms with Crippen molar-refractivity contribution in [1.29, 1.82) is 0 Å². The maximum absolute atomic E-state index is 2.35. The molecule has 0 heterocycles. The molecule has 2 rings (SSSR count). The fourth-order valence-electron chi connectivity index (χ4n) is 2.87. The van der Waals surface area contributed by atoms with Crippen LogP contribution in [0.25, 0.3) is 0 Å². The zero-order valence-electron chi connectivity index (χ0n) is 14.1. The molecule has 0 aromatic heterocycles. The number of hydrogen-bond acceptors (Lipinski definition) is 0. The van der Waals surface area contributed by atoms with Crippen LogP contribution in [0.2, 0.25) is 0 Å². The van der Waals surface area contributed by atoms with E-state index in [1.165, 1.54) is 16.7 Å². The van der Waals surface area contributed by atoms with E-state index >= 15 is 0 Å². The van der Waals surface area contributed by atoms with Gasteiger partial charge in [-0.15, -0.1) is 0 Å². The van der Waals surface area contributed by atoms with E-state index < -0.39 is 0 Å². The van der Waals surface area contributed by atoms with Gasteiger partial charge < -0.3 is 0 Å². The summed E-state index contributed by atoms with van der Waals surface area (Å²) in [5.74, 6) is 0. The Bertz CT molecular complexity index is 563. The lowest BCUT2D eigenvalue weighted by Crippen LogP contribution is -2.23. The molecule has 0 aliphatic carbocycles. The molecule has 0 saturated heterocycles. The molecule has 0 fully saturated rings. The van der Waals surface area contributed by atoms with Crippen molar-refractivity contribution in [2.24, 2.45) is 0 Å². The summed E-state index contributed by atoms with van der Waals surface area (Å²) in [5, 5.41) is 0. The van der Waals surface area contributed by atoms with E-state index in [9.17, 15) is 0 Å². The molecule has 0 saturated carbocycles. The van der Waals surface area contributed by atoms with E-state index in [4.69, 9.17) is 0 Å². The second-order valence-corrected chi connectivity index (χ2v) is 6.87. The lowest BCUT2D eigenvalue weighted by atomic mass is 9.73. The van der Waals surface area contributed by atoms with Crippen molar-refractivity contribution in [3.05, 3.63) is 71.3 Å². The second-order valence-electron chi connectivity index (χ2n) is 6.87. The van der Waals surface area contributed by atoms with Crippen molar-refractivity contribution in [2.75, 3.05) is 0 Å². The minimum Gasteiger partial charge on any atom is -0.0646 e. The number of benzene rings is 2. The van der Waals surface area contributed by atoms with Crippen molar-refractivity contribution in [3.8, 4) is 0 Å². The van der Waals surface area contributed by atoms with E-state index in [0.717, 1.165) is 12.8 Å². The third kappa shape index (κ3) is 3.05. The molecular weight excluding hydrogens is 252 g/mol. The van der Waals surface area contributed by atoms with Crippen molar-refractivity contribution < 1.29 is 0 Å². The van der Waals surface area contributed by atoms with Gasteiger partial charge in [-0.05, 0) is 34.9 Å². The Morgan fingerprint density at radius 3 is 1.57 bits per heavy atom. The highest BCUT2D eigenvalue weighted by atomic mass is 14.3. The number of hydrogen-bond donors (Lipinski definition) is 0. The summed E-state index contributed by atoms with van der Waals surface area (Å²) in [4.78, 5) is 0. The number of rotatable bonds is 5. The van der Waals surface area contributed by atoms with Crippen LogP contribution in [0.1, 0.15) is 64.2 Å². The summed E-state index contributed by atoms with van der Waals surface area (Å²) < 4.78 is 0. The van der Waals surface area contributed by atoms with Crippen LogP contribution < -0.4 is 0 Å². The molecule has 112 valence electrons. The van der Waals surface area contributed by atoms with Crippen molar-refractivity contribution in [2.45, 2.75) is 58.3 Å². The van der Waals surface area contributed by atoms with E-state index in [-0.39, 0.29) is 10.8 Å². The first-order valence-electron chi connectivity index (χ1n) is 8.10. The Balaban J connectivity index is 2.41. The predicted octanol–water partition coefficient (Wildman–Crippen LogP) is 6.09. The maximum atomic E-state index is 2.35. The zero-order chi connectivity index (χ0) is 15.5. The molecule has 0 bridgehead atoms. The van der Waals surface area contributed by atoms with Gasteiger partial charge in [-0.3, -0.25) is 0 Å². The maximum Gasteiger partial charge on any atom is 0.0172 e. The van der Waals surface area contributed by atoms with E-state index in [0.29, 0.717) is 0 Å². The normalized spacial score (nSPS) is 14.7. The van der Waals surface area contributed by atoms with Gasteiger partial charge in [0.1, 0.15) is 0 Å². The Morgan fingerprint density at radius 1 is 0.619 bits per heavy atom. The standard InChI is InChI=1S/C21H28/c1-6-20(3,4)17-13-15-19(16-14-17)21(5,7-2)18-11-9-8-10-12-18/h8-16H,6-7H2,1-5H3. The summed E-state index contributed by atoms with van der Waals surface area (Å²) >= 11 is 0. The van der Waals surface area contributed by atoms with Crippen LogP contribution in [0.3, 0.4) is 0 Å². The third-order valence-corrected chi connectivity index (χ3v) is 5.31. The quantitative estimate of drug-likeness (QED) is 0.621. The van der Waals surface area contributed by atoms with Crippen molar-refractivity contribution in [1.82, 2.24) is 0 Å². The van der Waals surface area contributed by atoms with Crippen LogP contribution in [0.5, 0.6) is 0 Å². The Labute approximate surface area is 130 Å². The molecule has 1 unspecified atom stereocenters. The van der Waals surface area contributed by atoms with Gasteiger partial charge >= 0.3 is 0 Å². The van der Waals surface area contributed by atoms with Gasteiger partial charge in [0.25, 0.3) is 0 Å². The smallest absolute Gasteiger partial charge is 0.0172 e. The van der Waals surface area contributed by atoms with Gasteiger partial charge in [-0.25, -0.2) is 0 Å². The summed E-state index contributed by atoms with van der Waals surface area (Å²) in [6.07, 6.45) is 2.27. The molecule has 0 nitrogen and oxygen atoms in total. The molecule has 1 atom stereocenters. The highest BCUT2D eigenvalue weighted by molar-refractivity contribution is 5.40. The molecule has 0 spiro atoms. The van der Waals surface area contributed by atoms with Gasteiger partial charge in [0.05, 0.1) is 0 Å². The predicted molar refractivity (Wildman–Crippen MR) is 92.9 cm³/mol. The van der Waals surface area contributed by atoms with Crippen LogP contribution in [-0.4, -0.2) is 0 Å². The molecule has 0 N–H and O–H groups in total. The average Bonchev–Trinajstić information content (AvgIpc) is 2.55. The summed E-state index contributed by atoms with van der Waals surface area (Å²) in [7, 11) is 0. The second kappa shape index (κ2) is 6.05. The van der Waals surface area contributed by atoms with Gasteiger partial charge in [0.2, 0.25) is 0 Å². The minimum absolute atomic E-state index is 0.0934. The Kier molecular flexibility index (Phi) is 4.56. The van der Waals surface area contributed by atoms with Crippen molar-refractivity contribution >= 4 is 0 Å². The van der Waals surface area contributed by atoms with E-state index in [1.54, 1.807) is 0 Å². The van der Waals surface area contributed by atoms with Crippen LogP contribution in [0, 0.1) is 0 Å². The average molecular weight is 280 g/mol. The van der Waals surface area contributed by atoms with Crippen LogP contribution in [0.15, 0.2) is 54.6 Å². The van der Waals surface area contributed by atoms with Gasteiger partial charge in [-0.2, -0.15) is 0 Å². The molecule has 0 aliphatic rings. The zero-order valence-corrected chi connectivity index (χ0v) is 14.1. The Hall–Kier alpha value is -1.56. The van der Waals surface area contributed by atoms with Crippen LogP contribution in [0.4, 0.5) is 0 Å². The first-order valence-corrected chi connectivity index (χ1v) is 8.10. The first kappa shape index (κ1) is 15.8. The molecule has 0 heteroatoms. The fraction of sp³-hybridized carbons (Fsp3) is 0.429. The molecule has 2 aromatic rings. The molecule has 0 aliphatic heterocycles. The highest BCUT2D eigenvalue weighted by Gasteiger charge is 2.27. The largest absolute Gasteiger partial charge is 0.0646 e. The lowest BCUT2D eigenvalue weighted by molar-refractivity contribution is 0.504. The van der Waals surface area contributed by atoms with Gasteiger partial charge in [0, 0.05) is 5.41 Å². The monoisotopic (exact) mass is 280 g/mol. The first-order chi connectivity index (χ1) is 9.94. The third-order valence-electron chi connectivity index (χ3n) is 5.31. The van der Waals surface area contributed by atoms with E-state index in [2.05, 4.69) is 89.2 Å². The topological polar surface area (TPSA) is 0 Å². The molecular formula is C21H28. The molecule has 0 radical (unpaired) electrons. The fourth-order valence-corrected chi connectivity index (χ4v) is 2.87. The minimum atomic E-state index is 0.0934. The lowest BCUT2D eigenvalue weighted by Gasteiger charge is -2.31. The SMILES string of the molecule is CCC(C)(C)c1ccc(C(C)(CC)c2ccccc2)cc1. The van der Waals surface area contributed by atoms with Crippen molar-refractivity contribution in [3.63, 3.8) is 0 Å². The van der Waals surface area contributed by atoms with Gasteiger partial charge in [-0.1, -0.05) is 89.2 Å². The van der Waals surface area contributed by atoms with Crippen LogP contribution >= 0.6 is 0 Å². The molecule has 2 aromatic carbocycles. The summed E-state index contributed by atoms with van der Waals surface area (Å²) in [6, 6.07) is 20.1. The molecule has 0 amide bonds. The van der Waals surface area contributed by atoms with Crippen LogP contribution in [-0.2, 0) is 10.8 Å². The highest BCUT2D eigenvalue weighted by Crippen LogP contribution is 2.36. The summed E-state index contributed by atoms with van der Waals surface area (Å²) in [6.45, 7) is 11.5. The molecule has 21 heavy (non-hydrogen) atoms. The Morgan fingerprint density at radius 2 is 1.10 bits per heavy atom. The summed E-state index contributed by atoms with van der Waals surface area (Å²) in [5.41, 5.74) is 4.59. The van der Waals surface area contributed by atoms with E-state index in [1.807, 2.05) is 0 Å².